The third-order valence-electron chi connectivity index (χ3n) is 5.66. The minimum atomic E-state index is -0.206. The van der Waals surface area contributed by atoms with Crippen LogP contribution >= 0.6 is 0 Å². The maximum Gasteiger partial charge on any atom is 0.321 e. The first-order valence-electron chi connectivity index (χ1n) is 10.6. The van der Waals surface area contributed by atoms with Gasteiger partial charge in [-0.1, -0.05) is 30.3 Å². The summed E-state index contributed by atoms with van der Waals surface area (Å²) in [4.78, 5) is 31.3. The lowest BCUT2D eigenvalue weighted by Gasteiger charge is -2.32. The zero-order valence-corrected chi connectivity index (χ0v) is 17.6. The molecule has 2 heterocycles. The van der Waals surface area contributed by atoms with Crippen molar-refractivity contribution in [3.05, 3.63) is 78.9 Å². The van der Waals surface area contributed by atoms with Crippen molar-refractivity contribution in [3.63, 3.8) is 0 Å². The molecule has 1 aliphatic heterocycles. The van der Waals surface area contributed by atoms with E-state index in [-0.39, 0.29) is 23.9 Å². The molecule has 1 aliphatic rings. The average Bonchev–Trinajstić information content (AvgIpc) is 3.35. The number of carbonyl (C=O) groups excluding carboxylic acids is 2. The van der Waals surface area contributed by atoms with Crippen molar-refractivity contribution in [3.8, 4) is 5.69 Å². The van der Waals surface area contributed by atoms with Gasteiger partial charge in [-0.25, -0.2) is 9.78 Å². The number of hydrogen-bond acceptors (Lipinski definition) is 3. The quantitative estimate of drug-likeness (QED) is 0.659. The van der Waals surface area contributed by atoms with Crippen LogP contribution in [0.1, 0.15) is 31.4 Å². The first kappa shape index (κ1) is 20.7. The molecule has 160 valence electrons. The smallest absolute Gasteiger partial charge is 0.321 e. The van der Waals surface area contributed by atoms with Crippen LogP contribution in [0.3, 0.4) is 0 Å². The fraction of sp³-hybridized carbons (Fsp3) is 0.292. The normalized spacial score (nSPS) is 17.1. The molecular weight excluding hydrogens is 390 g/mol. The SMILES string of the molecule is C[C@@H](NC(=O)[C@@H]1CCCN(C(=O)Nc2ccccc2)C1)c1ccc(-n2ccnc2)cc1. The molecule has 0 bridgehead atoms. The molecule has 7 heteroatoms. The van der Waals surface area contributed by atoms with E-state index >= 15 is 0 Å². The second kappa shape index (κ2) is 9.47. The molecule has 7 nitrogen and oxygen atoms in total. The molecule has 1 aromatic heterocycles. The Balaban J connectivity index is 1.32. The van der Waals surface area contributed by atoms with Crippen LogP contribution in [0.25, 0.3) is 5.69 Å². The zero-order valence-electron chi connectivity index (χ0n) is 17.6. The zero-order chi connectivity index (χ0) is 21.6. The fourth-order valence-electron chi connectivity index (χ4n) is 3.86. The highest BCUT2D eigenvalue weighted by atomic mass is 16.2. The summed E-state index contributed by atoms with van der Waals surface area (Å²) in [5.41, 5.74) is 2.81. The largest absolute Gasteiger partial charge is 0.349 e. The lowest BCUT2D eigenvalue weighted by Crippen LogP contribution is -2.47. The van der Waals surface area contributed by atoms with E-state index in [9.17, 15) is 9.59 Å². The number of para-hydroxylation sites is 1. The van der Waals surface area contributed by atoms with E-state index in [1.165, 1.54) is 0 Å². The Labute approximate surface area is 182 Å². The van der Waals surface area contributed by atoms with Crippen molar-refractivity contribution in [2.75, 3.05) is 18.4 Å². The molecule has 4 rings (SSSR count). The van der Waals surface area contributed by atoms with Gasteiger partial charge in [0.2, 0.25) is 5.91 Å². The van der Waals surface area contributed by atoms with E-state index in [4.69, 9.17) is 0 Å². The van der Waals surface area contributed by atoms with E-state index in [1.54, 1.807) is 17.4 Å². The van der Waals surface area contributed by atoms with Gasteiger partial charge in [-0.05, 0) is 49.6 Å². The van der Waals surface area contributed by atoms with E-state index in [1.807, 2.05) is 72.3 Å². The lowest BCUT2D eigenvalue weighted by molar-refractivity contribution is -0.126. The molecule has 0 aliphatic carbocycles. The average molecular weight is 418 g/mol. The lowest BCUT2D eigenvalue weighted by atomic mass is 9.96. The molecule has 1 saturated heterocycles. The van der Waals surface area contributed by atoms with Gasteiger partial charge in [-0.15, -0.1) is 0 Å². The third kappa shape index (κ3) is 5.12. The van der Waals surface area contributed by atoms with Crippen LogP contribution in [0.4, 0.5) is 10.5 Å². The molecule has 2 atom stereocenters. The number of carbonyl (C=O) groups is 2. The van der Waals surface area contributed by atoms with Gasteiger partial charge >= 0.3 is 6.03 Å². The number of nitrogens with one attached hydrogen (secondary N) is 2. The molecule has 0 radical (unpaired) electrons. The van der Waals surface area contributed by atoms with Crippen LogP contribution in [-0.4, -0.2) is 39.5 Å². The molecule has 31 heavy (non-hydrogen) atoms. The molecule has 0 spiro atoms. The van der Waals surface area contributed by atoms with Gasteiger partial charge in [0.15, 0.2) is 0 Å². The van der Waals surface area contributed by atoms with Crippen molar-refractivity contribution in [1.82, 2.24) is 19.8 Å². The van der Waals surface area contributed by atoms with Crippen LogP contribution in [0.15, 0.2) is 73.3 Å². The van der Waals surface area contributed by atoms with Gasteiger partial charge in [0.05, 0.1) is 18.3 Å². The number of likely N-dealkylation sites (tertiary alicyclic amines) is 1. The van der Waals surface area contributed by atoms with E-state index in [2.05, 4.69) is 15.6 Å². The standard InChI is InChI=1S/C24H27N5O2/c1-18(19-9-11-22(12-10-19)29-15-13-25-17-29)26-23(30)20-6-5-14-28(16-20)24(31)27-21-7-3-2-4-8-21/h2-4,7-13,15,17-18,20H,5-6,14,16H2,1H3,(H,26,30)(H,27,31)/t18-,20-/m1/s1. The Bertz CT molecular complexity index is 1000. The summed E-state index contributed by atoms with van der Waals surface area (Å²) in [7, 11) is 0. The topological polar surface area (TPSA) is 79.3 Å². The number of nitrogens with zero attached hydrogens (tertiary/aromatic N) is 3. The Morgan fingerprint density at radius 2 is 1.87 bits per heavy atom. The first-order valence-corrected chi connectivity index (χ1v) is 10.6. The van der Waals surface area contributed by atoms with Crippen molar-refractivity contribution < 1.29 is 9.59 Å². The van der Waals surface area contributed by atoms with Crippen LogP contribution in [-0.2, 0) is 4.79 Å². The maximum atomic E-state index is 12.9. The van der Waals surface area contributed by atoms with Crippen LogP contribution in [0, 0.1) is 5.92 Å². The Hall–Kier alpha value is -3.61. The van der Waals surface area contributed by atoms with Crippen LogP contribution < -0.4 is 10.6 Å². The van der Waals surface area contributed by atoms with Crippen molar-refractivity contribution in [2.45, 2.75) is 25.8 Å². The van der Waals surface area contributed by atoms with Gasteiger partial charge in [0.25, 0.3) is 0 Å². The summed E-state index contributed by atoms with van der Waals surface area (Å²) in [5.74, 6) is -0.216. The van der Waals surface area contributed by atoms with Gasteiger partial charge in [-0.2, -0.15) is 0 Å². The number of aromatic nitrogens is 2. The van der Waals surface area contributed by atoms with Crippen molar-refractivity contribution in [2.24, 2.45) is 5.92 Å². The number of benzene rings is 2. The van der Waals surface area contributed by atoms with Crippen LogP contribution in [0.2, 0.25) is 0 Å². The minimum absolute atomic E-state index is 0.0107. The number of anilines is 1. The second-order valence-electron chi connectivity index (χ2n) is 7.87. The third-order valence-corrected chi connectivity index (χ3v) is 5.66. The van der Waals surface area contributed by atoms with E-state index in [0.29, 0.717) is 13.1 Å². The Morgan fingerprint density at radius 3 is 2.58 bits per heavy atom. The number of piperidine rings is 1. The number of imidazole rings is 1. The Kier molecular flexibility index (Phi) is 6.31. The molecule has 2 aromatic carbocycles. The molecule has 0 saturated carbocycles. The maximum absolute atomic E-state index is 12.9. The Morgan fingerprint density at radius 1 is 1.10 bits per heavy atom. The van der Waals surface area contributed by atoms with Crippen LogP contribution in [0.5, 0.6) is 0 Å². The van der Waals surface area contributed by atoms with Crippen molar-refractivity contribution >= 4 is 17.6 Å². The van der Waals surface area contributed by atoms with E-state index < -0.39 is 0 Å². The molecule has 2 N–H and O–H groups in total. The fourth-order valence-corrected chi connectivity index (χ4v) is 3.86. The predicted molar refractivity (Wildman–Crippen MR) is 120 cm³/mol. The number of urea groups is 1. The monoisotopic (exact) mass is 417 g/mol. The summed E-state index contributed by atoms with van der Waals surface area (Å²) in [5, 5.41) is 6.02. The second-order valence-corrected chi connectivity index (χ2v) is 7.87. The number of rotatable bonds is 5. The first-order chi connectivity index (χ1) is 15.1. The molecule has 1 fully saturated rings. The summed E-state index contributed by atoms with van der Waals surface area (Å²) >= 11 is 0. The van der Waals surface area contributed by atoms with E-state index in [0.717, 1.165) is 29.8 Å². The van der Waals surface area contributed by atoms with Crippen molar-refractivity contribution in [1.29, 1.82) is 0 Å². The highest BCUT2D eigenvalue weighted by Gasteiger charge is 2.29. The summed E-state index contributed by atoms with van der Waals surface area (Å²) in [6.07, 6.45) is 6.98. The van der Waals surface area contributed by atoms with Gasteiger partial charge in [0.1, 0.15) is 0 Å². The number of amides is 3. The number of hydrogen-bond donors (Lipinski definition) is 2. The summed E-state index contributed by atoms with van der Waals surface area (Å²) < 4.78 is 1.93. The van der Waals surface area contributed by atoms with Gasteiger partial charge in [-0.3, -0.25) is 4.79 Å². The summed E-state index contributed by atoms with van der Waals surface area (Å²) in [6.45, 7) is 3.07. The molecular formula is C24H27N5O2. The van der Waals surface area contributed by atoms with Gasteiger partial charge < -0.3 is 20.1 Å². The highest BCUT2D eigenvalue weighted by Crippen LogP contribution is 2.21. The van der Waals surface area contributed by atoms with Gasteiger partial charge in [0, 0.05) is 36.9 Å². The molecule has 0 unspecified atom stereocenters. The highest BCUT2D eigenvalue weighted by molar-refractivity contribution is 5.90. The molecule has 3 aromatic rings. The minimum Gasteiger partial charge on any atom is -0.349 e. The summed E-state index contributed by atoms with van der Waals surface area (Å²) in [6, 6.07) is 17.1. The predicted octanol–water partition coefficient (Wildman–Crippen LogP) is 3.99. The molecule has 3 amide bonds.